The summed E-state index contributed by atoms with van der Waals surface area (Å²) in [5.41, 5.74) is 0.208. The number of rotatable bonds is 7. The van der Waals surface area contributed by atoms with Gasteiger partial charge in [0.05, 0.1) is 25.8 Å². The molecule has 2 rings (SSSR count). The van der Waals surface area contributed by atoms with Crippen molar-refractivity contribution in [3.05, 3.63) is 41.5 Å². The van der Waals surface area contributed by atoms with Crippen LogP contribution in [0, 0.1) is 0 Å². The minimum absolute atomic E-state index is 0.406. The van der Waals surface area contributed by atoms with Gasteiger partial charge in [0.15, 0.2) is 5.82 Å². The Bertz CT molecular complexity index is 617. The highest BCUT2D eigenvalue weighted by atomic mass is 16.5. The summed E-state index contributed by atoms with van der Waals surface area (Å²) >= 11 is 0. The topological polar surface area (TPSA) is 72.2 Å². The SMILES string of the molecule is CNCc1nc(Cc2ccccc2OC)nn1CC(C)(C)O. The summed E-state index contributed by atoms with van der Waals surface area (Å²) in [6.07, 6.45) is 0.597. The van der Waals surface area contributed by atoms with Gasteiger partial charge in [0.2, 0.25) is 0 Å². The fourth-order valence-corrected chi connectivity index (χ4v) is 2.30. The Morgan fingerprint density at radius 3 is 2.68 bits per heavy atom. The summed E-state index contributed by atoms with van der Waals surface area (Å²) in [5.74, 6) is 2.37. The second kappa shape index (κ2) is 6.89. The summed E-state index contributed by atoms with van der Waals surface area (Å²) in [4.78, 5) is 4.58. The molecule has 0 atom stereocenters. The highest BCUT2D eigenvalue weighted by Gasteiger charge is 2.19. The van der Waals surface area contributed by atoms with E-state index in [-0.39, 0.29) is 0 Å². The van der Waals surface area contributed by atoms with Gasteiger partial charge >= 0.3 is 0 Å². The fraction of sp³-hybridized carbons (Fsp3) is 0.500. The van der Waals surface area contributed by atoms with Crippen molar-refractivity contribution in [3.63, 3.8) is 0 Å². The third-order valence-corrected chi connectivity index (χ3v) is 3.20. The second-order valence-corrected chi connectivity index (χ2v) is 5.93. The standard InChI is InChI=1S/C16H24N4O2/c1-16(2,21)11-20-15(10-17-3)18-14(19-20)9-12-7-5-6-8-13(12)22-4/h5-8,17,21H,9-11H2,1-4H3. The van der Waals surface area contributed by atoms with E-state index in [1.54, 1.807) is 25.6 Å². The molecule has 0 radical (unpaired) electrons. The summed E-state index contributed by atoms with van der Waals surface area (Å²) < 4.78 is 7.13. The van der Waals surface area contributed by atoms with E-state index in [2.05, 4.69) is 15.4 Å². The fourth-order valence-electron chi connectivity index (χ4n) is 2.30. The summed E-state index contributed by atoms with van der Waals surface area (Å²) in [6.45, 7) is 4.54. The van der Waals surface area contributed by atoms with Crippen LogP contribution in [0.2, 0.25) is 0 Å². The molecule has 0 spiro atoms. The van der Waals surface area contributed by atoms with Gasteiger partial charge in [0.1, 0.15) is 11.6 Å². The van der Waals surface area contributed by atoms with Crippen molar-refractivity contribution in [2.75, 3.05) is 14.2 Å². The third kappa shape index (κ3) is 4.29. The molecule has 1 aromatic carbocycles. The molecule has 0 saturated heterocycles. The van der Waals surface area contributed by atoms with Crippen LogP contribution in [-0.4, -0.2) is 39.6 Å². The van der Waals surface area contributed by atoms with Crippen LogP contribution >= 0.6 is 0 Å². The molecule has 6 heteroatoms. The maximum atomic E-state index is 10.0. The number of nitrogens with one attached hydrogen (secondary N) is 1. The van der Waals surface area contributed by atoms with E-state index in [4.69, 9.17) is 4.74 Å². The number of para-hydroxylation sites is 1. The van der Waals surface area contributed by atoms with E-state index in [9.17, 15) is 5.11 Å². The molecule has 0 amide bonds. The molecule has 6 nitrogen and oxygen atoms in total. The van der Waals surface area contributed by atoms with Gasteiger partial charge in [0.25, 0.3) is 0 Å². The highest BCUT2D eigenvalue weighted by Crippen LogP contribution is 2.20. The minimum Gasteiger partial charge on any atom is -0.496 e. The molecule has 2 N–H and O–H groups in total. The normalized spacial score (nSPS) is 11.7. The number of nitrogens with zero attached hydrogens (tertiary/aromatic N) is 3. The quantitative estimate of drug-likeness (QED) is 0.808. The zero-order valence-electron chi connectivity index (χ0n) is 13.6. The van der Waals surface area contributed by atoms with E-state index >= 15 is 0 Å². The zero-order valence-corrected chi connectivity index (χ0v) is 13.6. The summed E-state index contributed by atoms with van der Waals surface area (Å²) in [6, 6.07) is 7.85. The van der Waals surface area contributed by atoms with E-state index in [0.29, 0.717) is 19.5 Å². The average molecular weight is 304 g/mol. The number of hydrogen-bond acceptors (Lipinski definition) is 5. The first kappa shape index (κ1) is 16.5. The van der Waals surface area contributed by atoms with Gasteiger partial charge in [-0.15, -0.1) is 0 Å². The number of benzene rings is 1. The maximum Gasteiger partial charge on any atom is 0.155 e. The summed E-state index contributed by atoms with van der Waals surface area (Å²) in [7, 11) is 3.52. The van der Waals surface area contributed by atoms with Crippen molar-refractivity contribution in [2.45, 2.75) is 39.0 Å². The van der Waals surface area contributed by atoms with Crippen molar-refractivity contribution >= 4 is 0 Å². The molecule has 0 fully saturated rings. The molecule has 1 heterocycles. The molecule has 0 saturated carbocycles. The first-order valence-electron chi connectivity index (χ1n) is 7.34. The largest absolute Gasteiger partial charge is 0.496 e. The monoisotopic (exact) mass is 304 g/mol. The van der Waals surface area contributed by atoms with E-state index in [0.717, 1.165) is 23.0 Å². The van der Waals surface area contributed by atoms with Gasteiger partial charge in [-0.05, 0) is 27.0 Å². The van der Waals surface area contributed by atoms with Gasteiger partial charge in [-0.25, -0.2) is 9.67 Å². The lowest BCUT2D eigenvalue weighted by Gasteiger charge is -2.17. The van der Waals surface area contributed by atoms with Crippen LogP contribution in [-0.2, 0) is 19.5 Å². The van der Waals surface area contributed by atoms with Crippen molar-refractivity contribution in [1.82, 2.24) is 20.1 Å². The van der Waals surface area contributed by atoms with E-state index in [1.165, 1.54) is 0 Å². The number of methoxy groups -OCH3 is 1. The van der Waals surface area contributed by atoms with Crippen LogP contribution < -0.4 is 10.1 Å². The van der Waals surface area contributed by atoms with Crippen LogP contribution in [0.1, 0.15) is 31.1 Å². The number of aromatic nitrogens is 3. The lowest BCUT2D eigenvalue weighted by atomic mass is 10.1. The molecule has 2 aromatic rings. The van der Waals surface area contributed by atoms with Gasteiger partial charge in [-0.2, -0.15) is 5.10 Å². The Balaban J connectivity index is 2.26. The van der Waals surface area contributed by atoms with Crippen molar-refractivity contribution in [2.24, 2.45) is 0 Å². The Morgan fingerprint density at radius 2 is 2.05 bits per heavy atom. The molecular formula is C16H24N4O2. The van der Waals surface area contributed by atoms with Crippen LogP contribution in [0.4, 0.5) is 0 Å². The Hall–Kier alpha value is -1.92. The Morgan fingerprint density at radius 1 is 1.32 bits per heavy atom. The highest BCUT2D eigenvalue weighted by molar-refractivity contribution is 5.35. The van der Waals surface area contributed by atoms with Gasteiger partial charge < -0.3 is 15.2 Å². The maximum absolute atomic E-state index is 10.0. The lowest BCUT2D eigenvalue weighted by molar-refractivity contribution is 0.0564. The second-order valence-electron chi connectivity index (χ2n) is 5.93. The number of aliphatic hydroxyl groups is 1. The Kier molecular flexibility index (Phi) is 5.15. The predicted octanol–water partition coefficient (Wildman–Crippen LogP) is 1.37. The predicted molar refractivity (Wildman–Crippen MR) is 84.9 cm³/mol. The summed E-state index contributed by atoms with van der Waals surface area (Å²) in [5, 5.41) is 17.6. The van der Waals surface area contributed by atoms with Crippen molar-refractivity contribution in [3.8, 4) is 5.75 Å². The Labute approximate surface area is 131 Å². The average Bonchev–Trinajstić information content (AvgIpc) is 2.79. The van der Waals surface area contributed by atoms with Crippen molar-refractivity contribution in [1.29, 1.82) is 0 Å². The van der Waals surface area contributed by atoms with Crippen LogP contribution in [0.15, 0.2) is 24.3 Å². The smallest absolute Gasteiger partial charge is 0.155 e. The molecule has 1 aromatic heterocycles. The van der Waals surface area contributed by atoms with Crippen molar-refractivity contribution < 1.29 is 9.84 Å². The molecule has 22 heavy (non-hydrogen) atoms. The van der Waals surface area contributed by atoms with Crippen LogP contribution in [0.3, 0.4) is 0 Å². The zero-order chi connectivity index (χ0) is 16.2. The number of ether oxygens (including phenoxy) is 1. The minimum atomic E-state index is -0.835. The third-order valence-electron chi connectivity index (χ3n) is 3.20. The van der Waals surface area contributed by atoms with Gasteiger partial charge in [-0.1, -0.05) is 18.2 Å². The molecule has 0 aliphatic carbocycles. The lowest BCUT2D eigenvalue weighted by Crippen LogP contribution is -2.28. The number of hydrogen-bond donors (Lipinski definition) is 2. The van der Waals surface area contributed by atoms with E-state index in [1.807, 2.05) is 31.3 Å². The molecule has 0 aliphatic heterocycles. The molecule has 0 bridgehead atoms. The van der Waals surface area contributed by atoms with Crippen LogP contribution in [0.25, 0.3) is 0 Å². The van der Waals surface area contributed by atoms with Crippen LogP contribution in [0.5, 0.6) is 5.75 Å². The first-order chi connectivity index (χ1) is 10.4. The van der Waals surface area contributed by atoms with Gasteiger partial charge in [-0.3, -0.25) is 0 Å². The van der Waals surface area contributed by atoms with E-state index < -0.39 is 5.60 Å². The first-order valence-corrected chi connectivity index (χ1v) is 7.34. The molecular weight excluding hydrogens is 280 g/mol. The van der Waals surface area contributed by atoms with Gasteiger partial charge in [0, 0.05) is 12.0 Å². The molecule has 120 valence electrons. The molecule has 0 unspecified atom stereocenters. The molecule has 0 aliphatic rings.